The maximum atomic E-state index is 11.9. The van der Waals surface area contributed by atoms with E-state index in [0.717, 1.165) is 0 Å². The summed E-state index contributed by atoms with van der Waals surface area (Å²) in [6.45, 7) is 1.44. The minimum Gasteiger partial charge on any atom is -0.453 e. The van der Waals surface area contributed by atoms with E-state index in [4.69, 9.17) is 16.3 Å². The normalized spacial score (nSPS) is 17.7. The van der Waals surface area contributed by atoms with Crippen LogP contribution in [0.1, 0.15) is 19.8 Å². The van der Waals surface area contributed by atoms with Gasteiger partial charge in [0.2, 0.25) is 0 Å². The Morgan fingerprint density at radius 3 is 2.54 bits per heavy atom. The molecule has 128 valence electrons. The molecule has 0 radical (unpaired) electrons. The third-order valence-electron chi connectivity index (χ3n) is 3.28. The van der Waals surface area contributed by atoms with Crippen LogP contribution in [-0.4, -0.2) is 36.0 Å². The number of imide groups is 1. The van der Waals surface area contributed by atoms with Crippen molar-refractivity contribution >= 4 is 41.1 Å². The number of carbonyl (C=O) groups is 4. The fourth-order valence-corrected chi connectivity index (χ4v) is 2.14. The molecule has 1 saturated heterocycles. The highest BCUT2D eigenvalue weighted by atomic mass is 35.5. The van der Waals surface area contributed by atoms with Gasteiger partial charge in [0.1, 0.15) is 6.04 Å². The van der Waals surface area contributed by atoms with Gasteiger partial charge in [-0.05, 0) is 37.6 Å². The number of nitrogens with one attached hydrogen (secondary N) is 3. The highest BCUT2D eigenvalue weighted by Crippen LogP contribution is 2.14. The second-order valence-electron chi connectivity index (χ2n) is 5.18. The molecule has 3 N–H and O–H groups in total. The lowest BCUT2D eigenvalue weighted by atomic mass is 10.1. The molecule has 1 aliphatic heterocycles. The van der Waals surface area contributed by atoms with Gasteiger partial charge in [0.25, 0.3) is 11.8 Å². The molecule has 1 fully saturated rings. The Labute approximate surface area is 142 Å². The number of esters is 1. The van der Waals surface area contributed by atoms with Crippen LogP contribution < -0.4 is 16.0 Å². The van der Waals surface area contributed by atoms with Crippen molar-refractivity contribution in [3.05, 3.63) is 29.3 Å². The number of urea groups is 1. The Morgan fingerprint density at radius 1 is 1.29 bits per heavy atom. The monoisotopic (exact) mass is 353 g/mol. The van der Waals surface area contributed by atoms with Crippen LogP contribution in [-0.2, 0) is 19.1 Å². The third-order valence-corrected chi connectivity index (χ3v) is 3.54. The summed E-state index contributed by atoms with van der Waals surface area (Å²) in [4.78, 5) is 46.0. The number of halogens is 1. The molecule has 0 bridgehead atoms. The van der Waals surface area contributed by atoms with Gasteiger partial charge in [-0.1, -0.05) is 11.6 Å². The van der Waals surface area contributed by atoms with Gasteiger partial charge in [-0.15, -0.1) is 0 Å². The summed E-state index contributed by atoms with van der Waals surface area (Å²) in [6.07, 6.45) is -1.00. The molecule has 0 aliphatic carbocycles. The first-order valence-corrected chi connectivity index (χ1v) is 7.60. The van der Waals surface area contributed by atoms with E-state index in [1.165, 1.54) is 6.92 Å². The Bertz CT molecular complexity index is 662. The molecular weight excluding hydrogens is 338 g/mol. The van der Waals surface area contributed by atoms with E-state index in [1.807, 2.05) is 0 Å². The molecule has 1 aliphatic rings. The first-order valence-electron chi connectivity index (χ1n) is 7.22. The second-order valence-corrected chi connectivity index (χ2v) is 5.62. The van der Waals surface area contributed by atoms with E-state index in [1.54, 1.807) is 24.3 Å². The van der Waals surface area contributed by atoms with Crippen molar-refractivity contribution < 1.29 is 23.9 Å². The highest BCUT2D eigenvalue weighted by Gasteiger charge is 2.30. The zero-order valence-electron chi connectivity index (χ0n) is 12.8. The van der Waals surface area contributed by atoms with E-state index in [0.29, 0.717) is 10.7 Å². The van der Waals surface area contributed by atoms with Crippen LogP contribution >= 0.6 is 11.6 Å². The van der Waals surface area contributed by atoms with Gasteiger partial charge in [-0.3, -0.25) is 19.7 Å². The van der Waals surface area contributed by atoms with E-state index in [-0.39, 0.29) is 12.8 Å². The zero-order chi connectivity index (χ0) is 17.7. The Hall–Kier alpha value is -2.61. The fourth-order valence-electron chi connectivity index (χ4n) is 2.01. The molecule has 1 heterocycles. The minimum absolute atomic E-state index is 0.0991. The largest absolute Gasteiger partial charge is 0.453 e. The van der Waals surface area contributed by atoms with Crippen molar-refractivity contribution in [2.75, 3.05) is 5.32 Å². The third kappa shape index (κ3) is 4.95. The molecule has 24 heavy (non-hydrogen) atoms. The number of ether oxygens (including phenoxy) is 1. The van der Waals surface area contributed by atoms with Gasteiger partial charge in [0, 0.05) is 17.1 Å². The summed E-state index contributed by atoms with van der Waals surface area (Å²) in [6, 6.07) is 5.13. The van der Waals surface area contributed by atoms with Gasteiger partial charge >= 0.3 is 12.0 Å². The molecule has 2 atom stereocenters. The van der Waals surface area contributed by atoms with Gasteiger partial charge in [-0.2, -0.15) is 0 Å². The quantitative estimate of drug-likeness (QED) is 0.525. The van der Waals surface area contributed by atoms with Gasteiger partial charge in [-0.25, -0.2) is 4.79 Å². The molecule has 2 rings (SSSR count). The van der Waals surface area contributed by atoms with E-state index < -0.39 is 36.0 Å². The first kappa shape index (κ1) is 17.7. The number of hydrogen-bond acceptors (Lipinski definition) is 5. The maximum absolute atomic E-state index is 11.9. The van der Waals surface area contributed by atoms with Crippen molar-refractivity contribution in [3.8, 4) is 0 Å². The minimum atomic E-state index is -1.000. The first-order chi connectivity index (χ1) is 11.3. The Morgan fingerprint density at radius 2 is 1.96 bits per heavy atom. The molecule has 8 nitrogen and oxygen atoms in total. The van der Waals surface area contributed by atoms with Crippen molar-refractivity contribution in [1.82, 2.24) is 10.6 Å². The van der Waals surface area contributed by atoms with Crippen LogP contribution in [0.4, 0.5) is 10.5 Å². The summed E-state index contributed by atoms with van der Waals surface area (Å²) in [5.41, 5.74) is 0.526. The second kappa shape index (κ2) is 7.78. The van der Waals surface area contributed by atoms with Gasteiger partial charge in [0.05, 0.1) is 0 Å². The summed E-state index contributed by atoms with van der Waals surface area (Å²) < 4.78 is 5.01. The van der Waals surface area contributed by atoms with Crippen molar-refractivity contribution in [2.24, 2.45) is 0 Å². The SMILES string of the molecule is CC(OC(=O)CCC1NC(=O)NC1=O)C(=O)Nc1ccc(Cl)cc1. The van der Waals surface area contributed by atoms with Gasteiger partial charge in [0.15, 0.2) is 6.10 Å². The number of carbonyl (C=O) groups excluding carboxylic acids is 4. The number of amides is 4. The summed E-state index contributed by atoms with van der Waals surface area (Å²) >= 11 is 5.75. The number of hydrogen-bond donors (Lipinski definition) is 3. The number of anilines is 1. The summed E-state index contributed by atoms with van der Waals surface area (Å²) in [5, 5.41) is 7.57. The molecule has 0 aromatic heterocycles. The Balaban J connectivity index is 1.76. The van der Waals surface area contributed by atoms with Crippen LogP contribution in [0.5, 0.6) is 0 Å². The van der Waals surface area contributed by atoms with Crippen molar-refractivity contribution in [3.63, 3.8) is 0 Å². The standard InChI is InChI=1S/C15H16ClN3O5/c1-8(13(21)17-10-4-2-9(16)3-5-10)24-12(20)7-6-11-14(22)19-15(23)18-11/h2-5,8,11H,6-7H2,1H3,(H,17,21)(H2,18,19,22,23). The highest BCUT2D eigenvalue weighted by molar-refractivity contribution is 6.30. The predicted octanol–water partition coefficient (Wildman–Crippen LogP) is 1.20. The number of rotatable bonds is 6. The van der Waals surface area contributed by atoms with E-state index in [2.05, 4.69) is 16.0 Å². The lowest BCUT2D eigenvalue weighted by Gasteiger charge is -2.14. The zero-order valence-corrected chi connectivity index (χ0v) is 13.6. The molecule has 0 saturated carbocycles. The average Bonchev–Trinajstić information content (AvgIpc) is 2.85. The van der Waals surface area contributed by atoms with Gasteiger partial charge < -0.3 is 15.4 Å². The lowest BCUT2D eigenvalue weighted by molar-refractivity contribution is -0.153. The lowest BCUT2D eigenvalue weighted by Crippen LogP contribution is -2.32. The van der Waals surface area contributed by atoms with Crippen LogP contribution in [0.25, 0.3) is 0 Å². The molecular formula is C15H16ClN3O5. The van der Waals surface area contributed by atoms with Crippen LogP contribution in [0.3, 0.4) is 0 Å². The van der Waals surface area contributed by atoms with Crippen molar-refractivity contribution in [2.45, 2.75) is 31.9 Å². The van der Waals surface area contributed by atoms with E-state index in [9.17, 15) is 19.2 Å². The summed E-state index contributed by atoms with van der Waals surface area (Å²) in [7, 11) is 0. The van der Waals surface area contributed by atoms with Crippen LogP contribution in [0.15, 0.2) is 24.3 Å². The van der Waals surface area contributed by atoms with Crippen LogP contribution in [0, 0.1) is 0 Å². The average molecular weight is 354 g/mol. The summed E-state index contributed by atoms with van der Waals surface area (Å²) in [5.74, 6) is -1.61. The Kier molecular flexibility index (Phi) is 5.75. The molecule has 4 amide bonds. The molecule has 2 unspecified atom stereocenters. The maximum Gasteiger partial charge on any atom is 0.322 e. The topological polar surface area (TPSA) is 114 Å². The van der Waals surface area contributed by atoms with Crippen LogP contribution in [0.2, 0.25) is 5.02 Å². The molecule has 9 heteroatoms. The molecule has 1 aromatic carbocycles. The predicted molar refractivity (Wildman–Crippen MR) is 85.3 cm³/mol. The van der Waals surface area contributed by atoms with Crippen molar-refractivity contribution in [1.29, 1.82) is 0 Å². The molecule has 1 aromatic rings. The smallest absolute Gasteiger partial charge is 0.322 e. The fraction of sp³-hybridized carbons (Fsp3) is 0.333. The number of benzene rings is 1. The molecule has 0 spiro atoms. The van der Waals surface area contributed by atoms with E-state index >= 15 is 0 Å².